The summed E-state index contributed by atoms with van der Waals surface area (Å²) in [4.78, 5) is 22.9. The largest absolute Gasteiger partial charge is 0.506 e. The molecular formula is C26H32N4O4. The zero-order chi connectivity index (χ0) is 23.7. The van der Waals surface area contributed by atoms with Gasteiger partial charge in [-0.15, -0.1) is 0 Å². The maximum atomic E-state index is 11.9. The van der Waals surface area contributed by atoms with Gasteiger partial charge in [-0.2, -0.15) is 0 Å². The Kier molecular flexibility index (Phi) is 6.32. The summed E-state index contributed by atoms with van der Waals surface area (Å²) in [5.74, 6) is 1.44. The van der Waals surface area contributed by atoms with Crippen molar-refractivity contribution in [1.82, 2.24) is 9.80 Å². The molecule has 34 heavy (non-hydrogen) atoms. The number of carboxylic acid groups (broad SMARTS) is 1. The Hall–Kier alpha value is -3.26. The molecule has 0 aromatic heterocycles. The zero-order valence-corrected chi connectivity index (χ0v) is 19.6. The summed E-state index contributed by atoms with van der Waals surface area (Å²) in [6, 6.07) is 13.6. The van der Waals surface area contributed by atoms with Gasteiger partial charge in [0.15, 0.2) is 0 Å². The minimum atomic E-state index is -0.859. The number of piperidine rings is 1. The Morgan fingerprint density at radius 2 is 2.06 bits per heavy atom. The molecule has 8 nitrogen and oxygen atoms in total. The van der Waals surface area contributed by atoms with Gasteiger partial charge in [0.2, 0.25) is 0 Å². The summed E-state index contributed by atoms with van der Waals surface area (Å²) in [5, 5.41) is 20.3. The van der Waals surface area contributed by atoms with E-state index in [1.54, 1.807) is 11.0 Å². The highest BCUT2D eigenvalue weighted by Crippen LogP contribution is 2.38. The summed E-state index contributed by atoms with van der Waals surface area (Å²) in [6.07, 6.45) is 1.92. The van der Waals surface area contributed by atoms with Crippen molar-refractivity contribution in [2.45, 2.75) is 32.2 Å². The molecule has 0 saturated carbocycles. The van der Waals surface area contributed by atoms with Crippen molar-refractivity contribution in [3.63, 3.8) is 0 Å². The number of carbonyl (C=O) groups is 1. The van der Waals surface area contributed by atoms with Gasteiger partial charge < -0.3 is 29.6 Å². The number of fused-ring (bicyclic) bond motifs is 1. The number of phenols is 1. The highest BCUT2D eigenvalue weighted by atomic mass is 16.5. The molecule has 5 rings (SSSR count). The number of amidine groups is 1. The zero-order valence-electron chi connectivity index (χ0n) is 19.6. The number of aliphatic imine (C=N–C) groups is 1. The van der Waals surface area contributed by atoms with Gasteiger partial charge in [-0.05, 0) is 61.9 Å². The normalized spacial score (nSPS) is 22.3. The van der Waals surface area contributed by atoms with Crippen molar-refractivity contribution < 1.29 is 19.7 Å². The van der Waals surface area contributed by atoms with E-state index in [4.69, 9.17) is 9.73 Å². The number of phenolic OH excluding ortho intramolecular Hbond substituents is 1. The van der Waals surface area contributed by atoms with Crippen molar-refractivity contribution >= 4 is 23.3 Å². The summed E-state index contributed by atoms with van der Waals surface area (Å²) < 4.78 is 5.44. The SMILES string of the molecule is Cc1ccc2c(c1)N(c1ccccc1O)CN=C2N1CCC[C@@H](CN(C(=O)O)[C@H]2CCOC2)C1. The van der Waals surface area contributed by atoms with Crippen LogP contribution < -0.4 is 4.90 Å². The maximum absolute atomic E-state index is 11.9. The molecule has 0 spiro atoms. The number of hydrogen-bond acceptors (Lipinski definition) is 6. The number of para-hydroxylation sites is 2. The van der Waals surface area contributed by atoms with Crippen LogP contribution in [-0.2, 0) is 4.74 Å². The molecule has 0 aliphatic carbocycles. The number of amides is 1. The van der Waals surface area contributed by atoms with E-state index in [-0.39, 0.29) is 17.7 Å². The van der Waals surface area contributed by atoms with E-state index in [1.165, 1.54) is 0 Å². The topological polar surface area (TPSA) is 88.8 Å². The first-order chi connectivity index (χ1) is 16.5. The fourth-order valence-corrected chi connectivity index (χ4v) is 5.36. The summed E-state index contributed by atoms with van der Waals surface area (Å²) in [5.41, 5.74) is 3.96. The number of aryl methyl sites for hydroxylation is 1. The van der Waals surface area contributed by atoms with Gasteiger partial charge in [-0.1, -0.05) is 18.2 Å². The number of anilines is 2. The van der Waals surface area contributed by atoms with Gasteiger partial charge in [0.05, 0.1) is 24.0 Å². The molecule has 2 atom stereocenters. The van der Waals surface area contributed by atoms with Gasteiger partial charge in [0.1, 0.15) is 18.3 Å². The Morgan fingerprint density at radius 3 is 2.82 bits per heavy atom. The van der Waals surface area contributed by atoms with Crippen LogP contribution in [0.15, 0.2) is 47.5 Å². The number of ether oxygens (including phenoxy) is 1. The van der Waals surface area contributed by atoms with E-state index in [0.717, 1.165) is 60.7 Å². The quantitative estimate of drug-likeness (QED) is 0.710. The Labute approximate surface area is 200 Å². The third kappa shape index (κ3) is 4.42. The second kappa shape index (κ2) is 9.54. The van der Waals surface area contributed by atoms with Crippen molar-refractivity contribution in [2.24, 2.45) is 10.9 Å². The second-order valence-electron chi connectivity index (χ2n) is 9.47. The first kappa shape index (κ1) is 22.5. The molecule has 2 aromatic carbocycles. The smallest absolute Gasteiger partial charge is 0.407 e. The van der Waals surface area contributed by atoms with Crippen LogP contribution in [0.2, 0.25) is 0 Å². The van der Waals surface area contributed by atoms with E-state index >= 15 is 0 Å². The Bertz CT molecular complexity index is 1080. The maximum Gasteiger partial charge on any atom is 0.407 e. The van der Waals surface area contributed by atoms with E-state index in [1.807, 2.05) is 18.2 Å². The molecule has 0 bridgehead atoms. The second-order valence-corrected chi connectivity index (χ2v) is 9.47. The minimum Gasteiger partial charge on any atom is -0.506 e. The first-order valence-electron chi connectivity index (χ1n) is 12.0. The third-order valence-corrected chi connectivity index (χ3v) is 7.08. The number of aromatic hydroxyl groups is 1. The lowest BCUT2D eigenvalue weighted by molar-refractivity contribution is 0.0936. The molecule has 1 amide bonds. The Balaban J connectivity index is 1.38. The van der Waals surface area contributed by atoms with E-state index in [0.29, 0.717) is 26.4 Å². The number of hydrogen-bond donors (Lipinski definition) is 2. The predicted octanol–water partition coefficient (Wildman–Crippen LogP) is 4.04. The fraction of sp³-hybridized carbons (Fsp3) is 0.462. The van der Waals surface area contributed by atoms with Gasteiger partial charge in [0, 0.05) is 31.8 Å². The van der Waals surface area contributed by atoms with Gasteiger partial charge >= 0.3 is 6.09 Å². The Morgan fingerprint density at radius 1 is 1.21 bits per heavy atom. The lowest BCUT2D eigenvalue weighted by atomic mass is 9.95. The molecule has 8 heteroatoms. The van der Waals surface area contributed by atoms with E-state index in [9.17, 15) is 15.0 Å². The summed E-state index contributed by atoms with van der Waals surface area (Å²) >= 11 is 0. The lowest BCUT2D eigenvalue weighted by Crippen LogP contribution is -2.48. The molecule has 0 unspecified atom stereocenters. The monoisotopic (exact) mass is 464 g/mol. The van der Waals surface area contributed by atoms with Crippen LogP contribution in [-0.4, -0.2) is 77.5 Å². The molecule has 180 valence electrons. The number of benzene rings is 2. The van der Waals surface area contributed by atoms with Crippen molar-refractivity contribution in [3.8, 4) is 5.75 Å². The van der Waals surface area contributed by atoms with Crippen molar-refractivity contribution in [1.29, 1.82) is 0 Å². The molecular weight excluding hydrogens is 432 g/mol. The highest BCUT2D eigenvalue weighted by Gasteiger charge is 2.33. The standard InChI is InChI=1S/C26H32N4O4/c1-18-8-9-21-23(13-18)30(22-6-2-3-7-24(22)31)17-27-25(21)28-11-4-5-19(14-28)15-29(26(32)33)20-10-12-34-16-20/h2-3,6-9,13,19-20,31H,4-5,10-12,14-17H2,1H3,(H,32,33)/t19-,20+/m1/s1. The van der Waals surface area contributed by atoms with Gasteiger partial charge in [-0.25, -0.2) is 9.79 Å². The number of likely N-dealkylation sites (tertiary alicyclic amines) is 1. The first-order valence-corrected chi connectivity index (χ1v) is 12.0. The molecule has 2 aromatic rings. The molecule has 3 heterocycles. The van der Waals surface area contributed by atoms with Gasteiger partial charge in [0.25, 0.3) is 0 Å². The van der Waals surface area contributed by atoms with Crippen LogP contribution in [0.3, 0.4) is 0 Å². The van der Waals surface area contributed by atoms with Crippen LogP contribution in [0.25, 0.3) is 0 Å². The average Bonchev–Trinajstić information content (AvgIpc) is 3.37. The average molecular weight is 465 g/mol. The molecule has 2 fully saturated rings. The number of rotatable bonds is 4. The van der Waals surface area contributed by atoms with Crippen LogP contribution in [0.4, 0.5) is 16.2 Å². The van der Waals surface area contributed by atoms with E-state index < -0.39 is 6.09 Å². The summed E-state index contributed by atoms with van der Waals surface area (Å²) in [6.45, 7) is 5.82. The van der Waals surface area contributed by atoms with Crippen LogP contribution in [0.1, 0.15) is 30.4 Å². The molecule has 3 aliphatic heterocycles. The number of nitrogens with zero attached hydrogens (tertiary/aromatic N) is 4. The van der Waals surface area contributed by atoms with Gasteiger partial charge in [-0.3, -0.25) is 0 Å². The summed E-state index contributed by atoms with van der Waals surface area (Å²) in [7, 11) is 0. The highest BCUT2D eigenvalue weighted by molar-refractivity contribution is 6.06. The molecule has 2 saturated heterocycles. The van der Waals surface area contributed by atoms with Crippen LogP contribution >= 0.6 is 0 Å². The van der Waals surface area contributed by atoms with Crippen molar-refractivity contribution in [3.05, 3.63) is 53.6 Å². The third-order valence-electron chi connectivity index (χ3n) is 7.08. The van der Waals surface area contributed by atoms with Crippen LogP contribution in [0, 0.1) is 12.8 Å². The molecule has 0 radical (unpaired) electrons. The minimum absolute atomic E-state index is 0.0456. The fourth-order valence-electron chi connectivity index (χ4n) is 5.36. The molecule has 2 N–H and O–H groups in total. The lowest BCUT2D eigenvalue weighted by Gasteiger charge is -2.40. The predicted molar refractivity (Wildman–Crippen MR) is 131 cm³/mol. The molecule has 3 aliphatic rings. The van der Waals surface area contributed by atoms with Crippen LogP contribution in [0.5, 0.6) is 5.75 Å². The van der Waals surface area contributed by atoms with Crippen molar-refractivity contribution in [2.75, 3.05) is 44.4 Å². The van der Waals surface area contributed by atoms with E-state index in [2.05, 4.69) is 34.9 Å².